The van der Waals surface area contributed by atoms with E-state index < -0.39 is 0 Å². The minimum atomic E-state index is 0.729. The largest absolute Gasteiger partial charge is 0.366 e. The van der Waals surface area contributed by atoms with Gasteiger partial charge in [-0.1, -0.05) is 6.08 Å². The van der Waals surface area contributed by atoms with Gasteiger partial charge in [0.1, 0.15) is 12.1 Å². The number of halogens is 1. The zero-order valence-corrected chi connectivity index (χ0v) is 8.08. The molecule has 0 aliphatic rings. The average molecular weight is 261 g/mol. The van der Waals surface area contributed by atoms with Crippen LogP contribution in [0.4, 0.5) is 5.82 Å². The molecule has 0 saturated carbocycles. The summed E-state index contributed by atoms with van der Waals surface area (Å²) in [6.45, 7) is 4.33. The van der Waals surface area contributed by atoms with E-state index in [1.807, 2.05) is 0 Å². The lowest BCUT2D eigenvalue weighted by Gasteiger charge is -2.02. The van der Waals surface area contributed by atoms with Crippen LogP contribution in [0.3, 0.4) is 0 Å². The molecule has 1 N–H and O–H groups in total. The summed E-state index contributed by atoms with van der Waals surface area (Å²) in [5.74, 6) is 0.862. The van der Waals surface area contributed by atoms with Crippen molar-refractivity contribution < 1.29 is 0 Å². The van der Waals surface area contributed by atoms with Crippen LogP contribution in [0.5, 0.6) is 0 Å². The topological polar surface area (TPSA) is 37.8 Å². The lowest BCUT2D eigenvalue weighted by Crippen LogP contribution is -2.02. The quantitative estimate of drug-likeness (QED) is 0.664. The summed E-state index contributed by atoms with van der Waals surface area (Å²) in [7, 11) is 0. The van der Waals surface area contributed by atoms with Gasteiger partial charge in [-0.2, -0.15) is 0 Å². The van der Waals surface area contributed by atoms with Gasteiger partial charge in [0.05, 0.1) is 3.57 Å². The fourth-order valence-corrected chi connectivity index (χ4v) is 1.10. The zero-order valence-electron chi connectivity index (χ0n) is 5.92. The molecule has 0 atom stereocenters. The van der Waals surface area contributed by atoms with Gasteiger partial charge in [-0.15, -0.1) is 6.58 Å². The molecule has 11 heavy (non-hydrogen) atoms. The van der Waals surface area contributed by atoms with Crippen molar-refractivity contribution in [3.8, 4) is 0 Å². The number of hydrogen-bond acceptors (Lipinski definition) is 3. The van der Waals surface area contributed by atoms with Crippen molar-refractivity contribution in [3.05, 3.63) is 28.7 Å². The monoisotopic (exact) mass is 261 g/mol. The highest BCUT2D eigenvalue weighted by atomic mass is 127. The van der Waals surface area contributed by atoms with E-state index >= 15 is 0 Å². The van der Waals surface area contributed by atoms with Crippen molar-refractivity contribution in [2.45, 2.75) is 0 Å². The summed E-state index contributed by atoms with van der Waals surface area (Å²) in [4.78, 5) is 7.91. The molecule has 0 spiro atoms. The predicted octanol–water partition coefficient (Wildman–Crippen LogP) is 1.68. The van der Waals surface area contributed by atoms with Gasteiger partial charge in [0.2, 0.25) is 0 Å². The van der Waals surface area contributed by atoms with Gasteiger partial charge in [-0.3, -0.25) is 0 Å². The Hall–Kier alpha value is -0.650. The van der Waals surface area contributed by atoms with Crippen LogP contribution in [0.25, 0.3) is 0 Å². The fraction of sp³-hybridized carbons (Fsp3) is 0.143. The summed E-state index contributed by atoms with van der Waals surface area (Å²) in [5.41, 5.74) is 0. The summed E-state index contributed by atoms with van der Waals surface area (Å²) in [6.07, 6.45) is 5.07. The van der Waals surface area contributed by atoms with E-state index in [2.05, 4.69) is 44.5 Å². The Balaban J connectivity index is 2.69. The van der Waals surface area contributed by atoms with Crippen LogP contribution in [0.15, 0.2) is 25.2 Å². The molecule has 1 aromatic heterocycles. The Morgan fingerprint density at radius 2 is 2.55 bits per heavy atom. The molecule has 0 bridgehead atoms. The third-order valence-corrected chi connectivity index (χ3v) is 1.87. The molecule has 0 saturated heterocycles. The molecule has 58 valence electrons. The van der Waals surface area contributed by atoms with Crippen molar-refractivity contribution in [1.29, 1.82) is 0 Å². The van der Waals surface area contributed by atoms with Crippen molar-refractivity contribution in [2.24, 2.45) is 0 Å². The number of rotatable bonds is 3. The maximum atomic E-state index is 4.04. The molecule has 1 heterocycles. The van der Waals surface area contributed by atoms with Crippen LogP contribution in [-0.2, 0) is 0 Å². The van der Waals surface area contributed by atoms with Gasteiger partial charge >= 0.3 is 0 Å². The van der Waals surface area contributed by atoms with Crippen molar-refractivity contribution in [3.63, 3.8) is 0 Å². The van der Waals surface area contributed by atoms with E-state index in [9.17, 15) is 0 Å². The number of anilines is 1. The molecular weight excluding hydrogens is 253 g/mol. The Morgan fingerprint density at radius 1 is 1.73 bits per heavy atom. The number of nitrogens with one attached hydrogen (secondary N) is 1. The third kappa shape index (κ3) is 2.45. The van der Waals surface area contributed by atoms with E-state index in [-0.39, 0.29) is 0 Å². The third-order valence-electron chi connectivity index (χ3n) is 1.08. The molecule has 0 amide bonds. The highest BCUT2D eigenvalue weighted by Crippen LogP contribution is 2.11. The highest BCUT2D eigenvalue weighted by molar-refractivity contribution is 14.1. The second-order valence-electron chi connectivity index (χ2n) is 1.89. The van der Waals surface area contributed by atoms with Crippen LogP contribution in [-0.4, -0.2) is 16.5 Å². The van der Waals surface area contributed by atoms with E-state index in [4.69, 9.17) is 0 Å². The van der Waals surface area contributed by atoms with Gasteiger partial charge in [0.25, 0.3) is 0 Å². The van der Waals surface area contributed by atoms with Gasteiger partial charge in [-0.05, 0) is 22.6 Å². The number of hydrogen-bond donors (Lipinski definition) is 1. The van der Waals surface area contributed by atoms with Crippen molar-refractivity contribution in [2.75, 3.05) is 11.9 Å². The molecule has 0 aromatic carbocycles. The first kappa shape index (κ1) is 8.45. The Morgan fingerprint density at radius 3 is 3.18 bits per heavy atom. The molecule has 0 aliphatic heterocycles. The van der Waals surface area contributed by atoms with Crippen LogP contribution < -0.4 is 5.32 Å². The second kappa shape index (κ2) is 4.27. The van der Waals surface area contributed by atoms with Crippen LogP contribution in [0.2, 0.25) is 0 Å². The maximum Gasteiger partial charge on any atom is 0.143 e. The van der Waals surface area contributed by atoms with Crippen molar-refractivity contribution in [1.82, 2.24) is 9.97 Å². The van der Waals surface area contributed by atoms with E-state index in [0.717, 1.165) is 15.9 Å². The van der Waals surface area contributed by atoms with E-state index in [1.54, 1.807) is 12.3 Å². The Labute approximate surface area is 79.1 Å². The molecule has 0 aliphatic carbocycles. The standard InChI is InChI=1S/C7H8IN3/c1-2-3-10-7-6(8)4-9-5-11-7/h2,4-5H,1,3H2,(H,9,10,11). The molecule has 0 unspecified atom stereocenters. The Kier molecular flexibility index (Phi) is 3.28. The summed E-state index contributed by atoms with van der Waals surface area (Å²) < 4.78 is 1.02. The second-order valence-corrected chi connectivity index (χ2v) is 3.05. The zero-order chi connectivity index (χ0) is 8.10. The molecular formula is C7H8IN3. The summed E-state index contributed by atoms with van der Waals surface area (Å²) in [5, 5.41) is 3.09. The van der Waals surface area contributed by atoms with E-state index in [0.29, 0.717) is 0 Å². The van der Waals surface area contributed by atoms with Gasteiger partial charge in [-0.25, -0.2) is 9.97 Å². The number of aromatic nitrogens is 2. The first-order valence-corrected chi connectivity index (χ1v) is 4.22. The first-order chi connectivity index (χ1) is 5.34. The lowest BCUT2D eigenvalue weighted by molar-refractivity contribution is 1.12. The smallest absolute Gasteiger partial charge is 0.143 e. The average Bonchev–Trinajstić information content (AvgIpc) is 2.03. The SMILES string of the molecule is C=CCNc1ncncc1I. The predicted molar refractivity (Wildman–Crippen MR) is 53.4 cm³/mol. The van der Waals surface area contributed by atoms with Crippen LogP contribution >= 0.6 is 22.6 Å². The first-order valence-electron chi connectivity index (χ1n) is 3.15. The van der Waals surface area contributed by atoms with Crippen LogP contribution in [0.1, 0.15) is 0 Å². The maximum absolute atomic E-state index is 4.04. The van der Waals surface area contributed by atoms with E-state index in [1.165, 1.54) is 6.33 Å². The van der Waals surface area contributed by atoms with Crippen molar-refractivity contribution >= 4 is 28.4 Å². The van der Waals surface area contributed by atoms with Gasteiger partial charge in [0.15, 0.2) is 0 Å². The van der Waals surface area contributed by atoms with Gasteiger partial charge < -0.3 is 5.32 Å². The van der Waals surface area contributed by atoms with Gasteiger partial charge in [0, 0.05) is 12.7 Å². The summed E-state index contributed by atoms with van der Waals surface area (Å²) >= 11 is 2.18. The molecule has 1 rings (SSSR count). The summed E-state index contributed by atoms with van der Waals surface area (Å²) in [6, 6.07) is 0. The molecule has 3 nitrogen and oxygen atoms in total. The molecule has 4 heteroatoms. The minimum absolute atomic E-state index is 0.729. The normalized spacial score (nSPS) is 9.18. The lowest BCUT2D eigenvalue weighted by atomic mass is 10.5. The van der Waals surface area contributed by atoms with Crippen LogP contribution in [0, 0.1) is 3.57 Å². The highest BCUT2D eigenvalue weighted by Gasteiger charge is 1.96. The fourth-order valence-electron chi connectivity index (χ4n) is 0.612. The minimum Gasteiger partial charge on any atom is -0.366 e. The molecule has 0 radical (unpaired) electrons. The molecule has 1 aromatic rings. The number of nitrogens with zero attached hydrogens (tertiary/aromatic N) is 2. The molecule has 0 fully saturated rings. The Bertz CT molecular complexity index is 249.